The molecule has 0 N–H and O–H groups in total. The van der Waals surface area contributed by atoms with Crippen LogP contribution in [0, 0.1) is 0 Å². The summed E-state index contributed by atoms with van der Waals surface area (Å²) in [4.78, 5) is 32.8. The Morgan fingerprint density at radius 1 is 0.541 bits per heavy atom. The van der Waals surface area contributed by atoms with Crippen molar-refractivity contribution < 1.29 is 9.59 Å². The first-order valence-corrected chi connectivity index (χ1v) is 16.0. The summed E-state index contributed by atoms with van der Waals surface area (Å²) in [6.07, 6.45) is 26.5. The number of unbranched alkanes of at least 4 members (excludes halogenated alkanes) is 18. The summed E-state index contributed by atoms with van der Waals surface area (Å²) in [5, 5.41) is 0. The number of rotatable bonds is 26. The summed E-state index contributed by atoms with van der Waals surface area (Å²) in [5.41, 5.74) is 0. The molecule has 0 aliphatic carbocycles. The van der Waals surface area contributed by atoms with Gasteiger partial charge in [-0.2, -0.15) is 0 Å². The lowest BCUT2D eigenvalue weighted by Gasteiger charge is -2.25. The molecule has 1 aliphatic heterocycles. The Balaban J connectivity index is 2.09. The van der Waals surface area contributed by atoms with Gasteiger partial charge in [0.15, 0.2) is 0 Å². The van der Waals surface area contributed by atoms with Gasteiger partial charge in [-0.15, -0.1) is 0 Å². The van der Waals surface area contributed by atoms with Gasteiger partial charge in [0.25, 0.3) is 5.91 Å². The minimum Gasteiger partial charge on any atom is -0.302 e. The van der Waals surface area contributed by atoms with E-state index in [-0.39, 0.29) is 18.5 Å². The third-order valence-corrected chi connectivity index (χ3v) is 7.71. The highest BCUT2D eigenvalue weighted by atomic mass is 16.2. The van der Waals surface area contributed by atoms with E-state index in [1.54, 1.807) is 4.90 Å². The van der Waals surface area contributed by atoms with Gasteiger partial charge in [0.05, 0.1) is 13.3 Å². The fourth-order valence-corrected chi connectivity index (χ4v) is 5.26. The fourth-order valence-electron chi connectivity index (χ4n) is 5.26. The Morgan fingerprint density at radius 2 is 0.892 bits per heavy atom. The summed E-state index contributed by atoms with van der Waals surface area (Å²) >= 11 is 0. The SMILES string of the molecule is CCCCCCCCCCCCN(C)CN1CC(=O)N(CN(C)CCCCCCCCCCCC)C1=O. The van der Waals surface area contributed by atoms with Crippen LogP contribution >= 0.6 is 0 Å². The van der Waals surface area contributed by atoms with Crippen LogP contribution in [0.4, 0.5) is 4.79 Å². The lowest BCUT2D eigenvalue weighted by molar-refractivity contribution is -0.126. The van der Waals surface area contributed by atoms with E-state index in [1.807, 2.05) is 7.05 Å². The molecule has 0 aromatic carbocycles. The summed E-state index contributed by atoms with van der Waals surface area (Å²) in [6, 6.07) is -0.130. The molecule has 0 bridgehead atoms. The lowest BCUT2D eigenvalue weighted by atomic mass is 10.1. The molecule has 0 spiro atoms. The van der Waals surface area contributed by atoms with Gasteiger partial charge in [-0.3, -0.25) is 14.6 Å². The normalized spacial score (nSPS) is 14.2. The summed E-state index contributed by atoms with van der Waals surface area (Å²) in [7, 11) is 4.08. The number of nitrogens with zero attached hydrogens (tertiary/aromatic N) is 4. The second-order valence-electron chi connectivity index (χ2n) is 11.6. The number of carbonyl (C=O) groups is 2. The maximum Gasteiger partial charge on any atom is 0.329 e. The Hall–Kier alpha value is -1.14. The number of urea groups is 1. The molecule has 3 amide bonds. The molecule has 0 unspecified atom stereocenters. The molecule has 1 aliphatic rings. The summed E-state index contributed by atoms with van der Waals surface area (Å²) in [5.74, 6) is -0.0627. The number of amides is 3. The molecular weight excluding hydrogens is 460 g/mol. The molecular formula is C31H62N4O2. The zero-order valence-electron chi connectivity index (χ0n) is 25.3. The molecule has 218 valence electrons. The highest BCUT2D eigenvalue weighted by Gasteiger charge is 2.36. The maximum atomic E-state index is 12.8. The van der Waals surface area contributed by atoms with E-state index in [9.17, 15) is 9.59 Å². The van der Waals surface area contributed by atoms with E-state index in [0.717, 1.165) is 25.9 Å². The van der Waals surface area contributed by atoms with Crippen LogP contribution in [-0.4, -0.2) is 78.6 Å². The van der Waals surface area contributed by atoms with Crippen LogP contribution in [0.3, 0.4) is 0 Å². The van der Waals surface area contributed by atoms with Gasteiger partial charge in [-0.25, -0.2) is 9.69 Å². The molecule has 6 nitrogen and oxygen atoms in total. The predicted molar refractivity (Wildman–Crippen MR) is 158 cm³/mol. The quantitative estimate of drug-likeness (QED) is 0.0856. The molecule has 0 radical (unpaired) electrons. The van der Waals surface area contributed by atoms with E-state index >= 15 is 0 Å². The maximum absolute atomic E-state index is 12.8. The summed E-state index contributed by atoms with van der Waals surface area (Å²) in [6.45, 7) is 7.62. The second kappa shape index (κ2) is 22.8. The molecule has 1 heterocycles. The van der Waals surface area contributed by atoms with Gasteiger partial charge in [0.2, 0.25) is 0 Å². The monoisotopic (exact) mass is 522 g/mol. The average Bonchev–Trinajstić information content (AvgIpc) is 3.13. The van der Waals surface area contributed by atoms with Crippen molar-refractivity contribution in [3.63, 3.8) is 0 Å². The third kappa shape index (κ3) is 17.1. The standard InChI is InChI=1S/C31H62N4O2/c1-5-7-9-11-13-15-17-19-21-23-25-32(3)28-34-27-30(36)35(31(34)37)29-33(4)26-24-22-20-18-16-14-12-10-8-6-2/h5-29H2,1-4H3. The number of carbonyl (C=O) groups excluding carboxylic acids is 2. The van der Waals surface area contributed by atoms with E-state index in [4.69, 9.17) is 0 Å². The number of hydrogen-bond acceptors (Lipinski definition) is 4. The summed E-state index contributed by atoms with van der Waals surface area (Å²) < 4.78 is 0. The van der Waals surface area contributed by atoms with Gasteiger partial charge in [-0.05, 0) is 40.0 Å². The van der Waals surface area contributed by atoms with Crippen LogP contribution in [-0.2, 0) is 4.79 Å². The van der Waals surface area contributed by atoms with Gasteiger partial charge >= 0.3 is 6.03 Å². The van der Waals surface area contributed by atoms with E-state index in [0.29, 0.717) is 13.3 Å². The average molecular weight is 523 g/mol. The Bertz CT molecular complexity index is 571. The third-order valence-electron chi connectivity index (χ3n) is 7.71. The Morgan fingerprint density at radius 3 is 1.30 bits per heavy atom. The van der Waals surface area contributed by atoms with Crippen LogP contribution < -0.4 is 0 Å². The zero-order chi connectivity index (χ0) is 27.1. The molecule has 0 atom stereocenters. The lowest BCUT2D eigenvalue weighted by Crippen LogP contribution is -2.43. The largest absolute Gasteiger partial charge is 0.329 e. The van der Waals surface area contributed by atoms with E-state index in [2.05, 4.69) is 30.7 Å². The van der Waals surface area contributed by atoms with Gasteiger partial charge in [0.1, 0.15) is 6.54 Å². The number of hydrogen-bond donors (Lipinski definition) is 0. The molecule has 1 fully saturated rings. The van der Waals surface area contributed by atoms with Gasteiger partial charge in [-0.1, -0.05) is 129 Å². The minimum atomic E-state index is -0.130. The van der Waals surface area contributed by atoms with Crippen LogP contribution in [0.15, 0.2) is 0 Å². The van der Waals surface area contributed by atoms with Gasteiger partial charge in [0, 0.05) is 0 Å². The van der Waals surface area contributed by atoms with Crippen LogP contribution in [0.25, 0.3) is 0 Å². The van der Waals surface area contributed by atoms with Crippen molar-refractivity contribution in [2.75, 3.05) is 47.1 Å². The molecule has 37 heavy (non-hydrogen) atoms. The predicted octanol–water partition coefficient (Wildman–Crippen LogP) is 7.87. The molecule has 0 saturated carbocycles. The highest BCUT2D eigenvalue weighted by Crippen LogP contribution is 2.14. The van der Waals surface area contributed by atoms with Crippen molar-refractivity contribution in [3.05, 3.63) is 0 Å². The molecule has 6 heteroatoms. The van der Waals surface area contributed by atoms with Crippen LogP contribution in [0.2, 0.25) is 0 Å². The van der Waals surface area contributed by atoms with Crippen molar-refractivity contribution in [1.29, 1.82) is 0 Å². The Labute approximate surface area is 230 Å². The molecule has 1 saturated heterocycles. The molecule has 0 aromatic rings. The van der Waals surface area contributed by atoms with Crippen LogP contribution in [0.1, 0.15) is 142 Å². The van der Waals surface area contributed by atoms with Crippen molar-refractivity contribution in [2.24, 2.45) is 0 Å². The first kappa shape index (κ1) is 33.9. The second-order valence-corrected chi connectivity index (χ2v) is 11.6. The smallest absolute Gasteiger partial charge is 0.302 e. The van der Waals surface area contributed by atoms with Crippen molar-refractivity contribution in [1.82, 2.24) is 19.6 Å². The Kier molecular flexibility index (Phi) is 20.9. The van der Waals surface area contributed by atoms with E-state index < -0.39 is 0 Å². The molecule has 1 rings (SSSR count). The molecule has 0 aromatic heterocycles. The van der Waals surface area contributed by atoms with Crippen LogP contribution in [0.5, 0.6) is 0 Å². The minimum absolute atomic E-state index is 0.0627. The van der Waals surface area contributed by atoms with Gasteiger partial charge < -0.3 is 4.90 Å². The van der Waals surface area contributed by atoms with E-state index in [1.165, 1.54) is 120 Å². The van der Waals surface area contributed by atoms with Crippen molar-refractivity contribution in [3.8, 4) is 0 Å². The number of imide groups is 1. The zero-order valence-corrected chi connectivity index (χ0v) is 25.3. The van der Waals surface area contributed by atoms with Crippen molar-refractivity contribution in [2.45, 2.75) is 142 Å². The van der Waals surface area contributed by atoms with Crippen molar-refractivity contribution >= 4 is 11.9 Å². The fraction of sp³-hybridized carbons (Fsp3) is 0.935. The highest BCUT2D eigenvalue weighted by molar-refractivity contribution is 6.01. The first-order valence-electron chi connectivity index (χ1n) is 16.0. The first-order chi connectivity index (χ1) is 18.0. The topological polar surface area (TPSA) is 47.1 Å².